The number of nitrogens with one attached hydrogen (secondary N) is 1. The van der Waals surface area contributed by atoms with Gasteiger partial charge in [0.05, 0.1) is 19.6 Å². The molecule has 0 radical (unpaired) electrons. The van der Waals surface area contributed by atoms with E-state index in [9.17, 15) is 14.3 Å². The number of methoxy groups -OCH3 is 1. The second-order valence-electron chi connectivity index (χ2n) is 5.68. The van der Waals surface area contributed by atoms with Crippen molar-refractivity contribution >= 4 is 5.91 Å². The lowest BCUT2D eigenvalue weighted by Gasteiger charge is -2.12. The first kappa shape index (κ1) is 17.9. The normalized spacial score (nSPS) is 11.8. The van der Waals surface area contributed by atoms with E-state index < -0.39 is 11.9 Å². The highest BCUT2D eigenvalue weighted by atomic mass is 19.1. The van der Waals surface area contributed by atoms with E-state index in [2.05, 4.69) is 5.32 Å². The number of ether oxygens (including phenoxy) is 1. The third kappa shape index (κ3) is 5.06. The SMILES string of the molecule is COc1cc(CCNC(=O)CC(O)c2cccc(F)c2)ccc1C. The van der Waals surface area contributed by atoms with Crippen molar-refractivity contribution in [1.82, 2.24) is 5.32 Å². The summed E-state index contributed by atoms with van der Waals surface area (Å²) in [5, 5.41) is 12.8. The monoisotopic (exact) mass is 331 g/mol. The third-order valence-corrected chi connectivity index (χ3v) is 3.82. The van der Waals surface area contributed by atoms with Gasteiger partial charge in [0.15, 0.2) is 0 Å². The van der Waals surface area contributed by atoms with Crippen LogP contribution in [0.1, 0.15) is 29.2 Å². The molecule has 0 bridgehead atoms. The summed E-state index contributed by atoms with van der Waals surface area (Å²) in [4.78, 5) is 11.9. The van der Waals surface area contributed by atoms with Gasteiger partial charge in [-0.2, -0.15) is 0 Å². The van der Waals surface area contributed by atoms with Gasteiger partial charge in [-0.25, -0.2) is 4.39 Å². The van der Waals surface area contributed by atoms with Gasteiger partial charge in [-0.15, -0.1) is 0 Å². The van der Waals surface area contributed by atoms with E-state index in [1.807, 2.05) is 25.1 Å². The van der Waals surface area contributed by atoms with Crippen LogP contribution in [0.2, 0.25) is 0 Å². The standard InChI is InChI=1S/C19H22FNO3/c1-13-6-7-14(10-18(13)24-2)8-9-21-19(23)12-17(22)15-4-3-5-16(20)11-15/h3-7,10-11,17,22H,8-9,12H2,1-2H3,(H,21,23). The highest BCUT2D eigenvalue weighted by Gasteiger charge is 2.13. The molecular formula is C19H22FNO3. The molecule has 2 aromatic carbocycles. The fourth-order valence-electron chi connectivity index (χ4n) is 2.45. The molecule has 24 heavy (non-hydrogen) atoms. The molecular weight excluding hydrogens is 309 g/mol. The zero-order valence-electron chi connectivity index (χ0n) is 13.9. The Morgan fingerprint density at radius 3 is 2.79 bits per heavy atom. The number of aliphatic hydroxyl groups excluding tert-OH is 1. The molecule has 0 saturated heterocycles. The molecule has 2 aromatic rings. The van der Waals surface area contributed by atoms with Gasteiger partial charge in [0, 0.05) is 6.54 Å². The fourth-order valence-corrected chi connectivity index (χ4v) is 2.45. The lowest BCUT2D eigenvalue weighted by atomic mass is 10.1. The van der Waals surface area contributed by atoms with Crippen LogP contribution >= 0.6 is 0 Å². The van der Waals surface area contributed by atoms with Crippen molar-refractivity contribution in [2.75, 3.05) is 13.7 Å². The van der Waals surface area contributed by atoms with Crippen molar-refractivity contribution < 1.29 is 19.0 Å². The van der Waals surface area contributed by atoms with E-state index in [0.29, 0.717) is 18.5 Å². The second-order valence-corrected chi connectivity index (χ2v) is 5.68. The molecule has 5 heteroatoms. The number of rotatable bonds is 7. The molecule has 0 fully saturated rings. The zero-order valence-corrected chi connectivity index (χ0v) is 13.9. The summed E-state index contributed by atoms with van der Waals surface area (Å²) in [6.07, 6.45) is -0.445. The Labute approximate surface area is 141 Å². The summed E-state index contributed by atoms with van der Waals surface area (Å²) in [6.45, 7) is 2.43. The van der Waals surface area contributed by atoms with Crippen molar-refractivity contribution in [3.05, 3.63) is 65.0 Å². The van der Waals surface area contributed by atoms with Crippen LogP contribution in [0.3, 0.4) is 0 Å². The molecule has 1 amide bonds. The van der Waals surface area contributed by atoms with E-state index in [4.69, 9.17) is 4.74 Å². The Morgan fingerprint density at radius 1 is 1.29 bits per heavy atom. The summed E-state index contributed by atoms with van der Waals surface area (Å²) in [5.74, 6) is 0.117. The summed E-state index contributed by atoms with van der Waals surface area (Å²) in [6, 6.07) is 11.6. The van der Waals surface area contributed by atoms with E-state index >= 15 is 0 Å². The van der Waals surface area contributed by atoms with Gasteiger partial charge in [0.2, 0.25) is 5.91 Å². The van der Waals surface area contributed by atoms with Crippen LogP contribution in [0, 0.1) is 12.7 Å². The molecule has 0 heterocycles. The molecule has 0 saturated carbocycles. The largest absolute Gasteiger partial charge is 0.496 e. The molecule has 1 unspecified atom stereocenters. The molecule has 0 aliphatic carbocycles. The van der Waals surface area contributed by atoms with Crippen molar-refractivity contribution in [1.29, 1.82) is 0 Å². The summed E-state index contributed by atoms with van der Waals surface area (Å²) in [7, 11) is 1.63. The van der Waals surface area contributed by atoms with E-state index in [-0.39, 0.29) is 12.3 Å². The minimum Gasteiger partial charge on any atom is -0.496 e. The van der Waals surface area contributed by atoms with Gasteiger partial charge < -0.3 is 15.2 Å². The van der Waals surface area contributed by atoms with Crippen molar-refractivity contribution in [3.8, 4) is 5.75 Å². The first-order valence-corrected chi connectivity index (χ1v) is 7.83. The third-order valence-electron chi connectivity index (χ3n) is 3.82. The highest BCUT2D eigenvalue weighted by molar-refractivity contribution is 5.76. The number of aliphatic hydroxyl groups is 1. The van der Waals surface area contributed by atoms with Gasteiger partial charge in [-0.3, -0.25) is 4.79 Å². The molecule has 2 N–H and O–H groups in total. The van der Waals surface area contributed by atoms with Gasteiger partial charge >= 0.3 is 0 Å². The van der Waals surface area contributed by atoms with Crippen LogP contribution in [0.5, 0.6) is 5.75 Å². The molecule has 0 aliphatic heterocycles. The van der Waals surface area contributed by atoms with Crippen LogP contribution in [0.15, 0.2) is 42.5 Å². The second kappa shape index (κ2) is 8.45. The molecule has 0 aliphatic rings. The van der Waals surface area contributed by atoms with E-state index in [0.717, 1.165) is 16.9 Å². The van der Waals surface area contributed by atoms with E-state index in [1.165, 1.54) is 18.2 Å². The van der Waals surface area contributed by atoms with Gasteiger partial charge in [0.1, 0.15) is 11.6 Å². The molecule has 0 aromatic heterocycles. The molecule has 1 atom stereocenters. The van der Waals surface area contributed by atoms with Crippen LogP contribution in [0.4, 0.5) is 4.39 Å². The Morgan fingerprint density at radius 2 is 2.08 bits per heavy atom. The molecule has 2 rings (SSSR count). The first-order chi connectivity index (χ1) is 11.5. The first-order valence-electron chi connectivity index (χ1n) is 7.83. The average Bonchev–Trinajstić information content (AvgIpc) is 2.56. The fraction of sp³-hybridized carbons (Fsp3) is 0.316. The van der Waals surface area contributed by atoms with Crippen molar-refractivity contribution in [2.45, 2.75) is 25.9 Å². The van der Waals surface area contributed by atoms with Gasteiger partial charge in [-0.1, -0.05) is 24.3 Å². The number of hydrogen-bond acceptors (Lipinski definition) is 3. The number of amides is 1. The topological polar surface area (TPSA) is 58.6 Å². The Bertz CT molecular complexity index is 703. The Hall–Kier alpha value is -2.40. The highest BCUT2D eigenvalue weighted by Crippen LogP contribution is 2.19. The van der Waals surface area contributed by atoms with Crippen LogP contribution in [-0.2, 0) is 11.2 Å². The number of hydrogen-bond donors (Lipinski definition) is 2. The Balaban J connectivity index is 1.81. The van der Waals surface area contributed by atoms with Crippen LogP contribution in [-0.4, -0.2) is 24.7 Å². The maximum atomic E-state index is 13.1. The minimum atomic E-state index is -1.01. The summed E-state index contributed by atoms with van der Waals surface area (Å²) >= 11 is 0. The zero-order chi connectivity index (χ0) is 17.5. The maximum Gasteiger partial charge on any atom is 0.222 e. The lowest BCUT2D eigenvalue weighted by molar-refractivity contribution is -0.123. The van der Waals surface area contributed by atoms with Crippen LogP contribution in [0.25, 0.3) is 0 Å². The maximum absolute atomic E-state index is 13.1. The smallest absolute Gasteiger partial charge is 0.222 e. The van der Waals surface area contributed by atoms with Crippen molar-refractivity contribution in [3.63, 3.8) is 0 Å². The summed E-state index contributed by atoms with van der Waals surface area (Å²) in [5.41, 5.74) is 2.51. The number of carbonyl (C=O) groups excluding carboxylic acids is 1. The number of benzene rings is 2. The molecule has 0 spiro atoms. The van der Waals surface area contributed by atoms with Gasteiger partial charge in [0.25, 0.3) is 0 Å². The predicted octanol–water partition coefficient (Wildman–Crippen LogP) is 2.93. The number of aryl methyl sites for hydroxylation is 1. The Kier molecular flexibility index (Phi) is 6.32. The quantitative estimate of drug-likeness (QED) is 0.820. The van der Waals surface area contributed by atoms with Crippen molar-refractivity contribution in [2.24, 2.45) is 0 Å². The minimum absolute atomic E-state index is 0.0966. The van der Waals surface area contributed by atoms with Crippen LogP contribution < -0.4 is 10.1 Å². The van der Waals surface area contributed by atoms with E-state index in [1.54, 1.807) is 13.2 Å². The van der Waals surface area contributed by atoms with Gasteiger partial charge in [-0.05, 0) is 48.2 Å². The summed E-state index contributed by atoms with van der Waals surface area (Å²) < 4.78 is 18.4. The average molecular weight is 331 g/mol. The lowest BCUT2D eigenvalue weighted by Crippen LogP contribution is -2.27. The number of halogens is 1. The number of carbonyl (C=O) groups is 1. The molecule has 128 valence electrons. The molecule has 4 nitrogen and oxygen atoms in total. The predicted molar refractivity (Wildman–Crippen MR) is 90.4 cm³/mol.